The van der Waals surface area contributed by atoms with Gasteiger partial charge < -0.3 is 10.5 Å². The van der Waals surface area contributed by atoms with Crippen molar-refractivity contribution < 1.29 is 9.13 Å². The van der Waals surface area contributed by atoms with Crippen LogP contribution in [0.4, 0.5) is 4.39 Å². The molecule has 1 heterocycles. The van der Waals surface area contributed by atoms with Gasteiger partial charge in [-0.25, -0.2) is 4.39 Å². The fourth-order valence-electron chi connectivity index (χ4n) is 2.98. The zero-order chi connectivity index (χ0) is 11.2. The Hall–Kier alpha value is -1.09. The molecule has 1 saturated carbocycles. The summed E-state index contributed by atoms with van der Waals surface area (Å²) in [6.07, 6.45) is 4.00. The van der Waals surface area contributed by atoms with Crippen LogP contribution in [0.15, 0.2) is 12.1 Å². The van der Waals surface area contributed by atoms with Crippen molar-refractivity contribution in [1.29, 1.82) is 0 Å². The second-order valence-corrected chi connectivity index (χ2v) is 4.84. The van der Waals surface area contributed by atoms with Crippen molar-refractivity contribution >= 4 is 0 Å². The Morgan fingerprint density at radius 3 is 2.81 bits per heavy atom. The fourth-order valence-corrected chi connectivity index (χ4v) is 2.98. The summed E-state index contributed by atoms with van der Waals surface area (Å²) in [5.41, 5.74) is 7.65. The summed E-state index contributed by atoms with van der Waals surface area (Å²) in [6.45, 7) is 1.22. The molecule has 1 aliphatic carbocycles. The minimum absolute atomic E-state index is 0.102. The summed E-state index contributed by atoms with van der Waals surface area (Å²) in [5, 5.41) is 0. The molecule has 0 unspecified atom stereocenters. The van der Waals surface area contributed by atoms with Crippen molar-refractivity contribution in [3.05, 3.63) is 29.1 Å². The summed E-state index contributed by atoms with van der Waals surface area (Å²) in [5.74, 6) is 0.755. The first-order valence-electron chi connectivity index (χ1n) is 5.91. The number of fused-ring (bicyclic) bond motifs is 1. The van der Waals surface area contributed by atoms with Gasteiger partial charge in [0.1, 0.15) is 11.6 Å². The van der Waals surface area contributed by atoms with Crippen molar-refractivity contribution in [2.75, 3.05) is 13.2 Å². The Morgan fingerprint density at radius 1 is 1.38 bits per heavy atom. The van der Waals surface area contributed by atoms with E-state index in [4.69, 9.17) is 10.5 Å². The molecule has 2 nitrogen and oxygen atoms in total. The molecule has 0 amide bonds. The number of ether oxygens (including phenoxy) is 1. The molecule has 3 rings (SSSR count). The largest absolute Gasteiger partial charge is 0.493 e. The van der Waals surface area contributed by atoms with Gasteiger partial charge in [-0.05, 0) is 25.0 Å². The number of benzene rings is 1. The SMILES string of the molecule is NCC1(c2c(F)ccc3c2CCO3)CCC1. The van der Waals surface area contributed by atoms with Gasteiger partial charge in [0.05, 0.1) is 6.61 Å². The number of hydrogen-bond acceptors (Lipinski definition) is 2. The van der Waals surface area contributed by atoms with Crippen LogP contribution in [0.3, 0.4) is 0 Å². The smallest absolute Gasteiger partial charge is 0.127 e. The number of halogens is 1. The molecule has 0 radical (unpaired) electrons. The summed E-state index contributed by atoms with van der Waals surface area (Å²) in [4.78, 5) is 0. The Kier molecular flexibility index (Phi) is 2.18. The van der Waals surface area contributed by atoms with Crippen LogP contribution in [0.5, 0.6) is 5.75 Å². The molecule has 0 atom stereocenters. The van der Waals surface area contributed by atoms with Gasteiger partial charge in [-0.15, -0.1) is 0 Å². The van der Waals surface area contributed by atoms with E-state index in [2.05, 4.69) is 0 Å². The predicted octanol–water partition coefficient (Wildman–Crippen LogP) is 2.14. The van der Waals surface area contributed by atoms with Crippen LogP contribution in [0, 0.1) is 5.82 Å². The van der Waals surface area contributed by atoms with Gasteiger partial charge >= 0.3 is 0 Å². The molecule has 1 fully saturated rings. The molecule has 0 spiro atoms. The second kappa shape index (κ2) is 3.45. The first-order chi connectivity index (χ1) is 7.77. The van der Waals surface area contributed by atoms with E-state index in [0.717, 1.165) is 42.6 Å². The van der Waals surface area contributed by atoms with Crippen LogP contribution >= 0.6 is 0 Å². The van der Waals surface area contributed by atoms with Crippen LogP contribution in [0.2, 0.25) is 0 Å². The molecule has 0 saturated heterocycles. The zero-order valence-corrected chi connectivity index (χ0v) is 9.26. The van der Waals surface area contributed by atoms with E-state index in [9.17, 15) is 4.39 Å². The van der Waals surface area contributed by atoms with E-state index in [0.29, 0.717) is 13.2 Å². The minimum Gasteiger partial charge on any atom is -0.493 e. The molecule has 2 aliphatic rings. The molecule has 0 bridgehead atoms. The van der Waals surface area contributed by atoms with Gasteiger partial charge in [0.25, 0.3) is 0 Å². The van der Waals surface area contributed by atoms with Crippen LogP contribution in [-0.4, -0.2) is 13.2 Å². The molecular formula is C13H16FNO. The lowest BCUT2D eigenvalue weighted by Crippen LogP contribution is -2.43. The average molecular weight is 221 g/mol. The van der Waals surface area contributed by atoms with Crippen molar-refractivity contribution in [1.82, 2.24) is 0 Å². The first kappa shape index (κ1) is 10.1. The molecule has 0 aromatic heterocycles. The maximum atomic E-state index is 14.0. The Balaban J connectivity index is 2.15. The predicted molar refractivity (Wildman–Crippen MR) is 60.2 cm³/mol. The maximum absolute atomic E-state index is 14.0. The van der Waals surface area contributed by atoms with Gasteiger partial charge in [0, 0.05) is 29.5 Å². The maximum Gasteiger partial charge on any atom is 0.127 e. The average Bonchev–Trinajstić information content (AvgIpc) is 2.68. The Labute approximate surface area is 94.6 Å². The molecule has 16 heavy (non-hydrogen) atoms. The third-order valence-corrected chi connectivity index (χ3v) is 4.06. The molecule has 1 aromatic carbocycles. The lowest BCUT2D eigenvalue weighted by atomic mass is 9.63. The monoisotopic (exact) mass is 221 g/mol. The van der Waals surface area contributed by atoms with E-state index in [1.54, 1.807) is 6.07 Å². The van der Waals surface area contributed by atoms with Crippen molar-refractivity contribution in [2.24, 2.45) is 5.73 Å². The number of rotatable bonds is 2. The molecule has 86 valence electrons. The van der Waals surface area contributed by atoms with Gasteiger partial charge in [-0.2, -0.15) is 0 Å². The highest BCUT2D eigenvalue weighted by Gasteiger charge is 2.42. The molecule has 2 N–H and O–H groups in total. The van der Waals surface area contributed by atoms with Crippen LogP contribution in [0.1, 0.15) is 30.4 Å². The van der Waals surface area contributed by atoms with E-state index in [1.165, 1.54) is 6.07 Å². The highest BCUT2D eigenvalue weighted by atomic mass is 19.1. The molecule has 1 aromatic rings. The highest BCUT2D eigenvalue weighted by Crippen LogP contribution is 2.47. The number of nitrogens with two attached hydrogens (primary N) is 1. The zero-order valence-electron chi connectivity index (χ0n) is 9.26. The van der Waals surface area contributed by atoms with Crippen LogP contribution < -0.4 is 10.5 Å². The van der Waals surface area contributed by atoms with E-state index < -0.39 is 0 Å². The van der Waals surface area contributed by atoms with E-state index in [1.807, 2.05) is 0 Å². The van der Waals surface area contributed by atoms with Crippen LogP contribution in [0.25, 0.3) is 0 Å². The highest BCUT2D eigenvalue weighted by molar-refractivity contribution is 5.48. The van der Waals surface area contributed by atoms with Gasteiger partial charge in [0.2, 0.25) is 0 Å². The normalized spacial score (nSPS) is 21.1. The van der Waals surface area contributed by atoms with Crippen LogP contribution in [-0.2, 0) is 11.8 Å². The molecular weight excluding hydrogens is 205 g/mol. The Bertz CT molecular complexity index is 421. The summed E-state index contributed by atoms with van der Waals surface area (Å²) < 4.78 is 19.5. The quantitative estimate of drug-likeness (QED) is 0.830. The lowest BCUT2D eigenvalue weighted by molar-refractivity contribution is 0.243. The third-order valence-electron chi connectivity index (χ3n) is 4.06. The minimum atomic E-state index is -0.108. The topological polar surface area (TPSA) is 35.2 Å². The fraction of sp³-hybridized carbons (Fsp3) is 0.538. The van der Waals surface area contributed by atoms with Crippen molar-refractivity contribution in [2.45, 2.75) is 31.1 Å². The summed E-state index contributed by atoms with van der Waals surface area (Å²) in [7, 11) is 0. The Morgan fingerprint density at radius 2 is 2.19 bits per heavy atom. The lowest BCUT2D eigenvalue weighted by Gasteiger charge is -2.42. The summed E-state index contributed by atoms with van der Waals surface area (Å²) in [6, 6.07) is 3.26. The summed E-state index contributed by atoms with van der Waals surface area (Å²) >= 11 is 0. The first-order valence-corrected chi connectivity index (χ1v) is 5.91. The molecule has 3 heteroatoms. The van der Waals surface area contributed by atoms with E-state index in [-0.39, 0.29) is 11.2 Å². The van der Waals surface area contributed by atoms with Crippen molar-refractivity contribution in [3.63, 3.8) is 0 Å². The van der Waals surface area contributed by atoms with E-state index >= 15 is 0 Å². The standard InChI is InChI=1S/C13H16FNO/c14-10-2-3-11-9(4-7-16-11)12(10)13(8-15)5-1-6-13/h2-3H,1,4-8,15H2. The van der Waals surface area contributed by atoms with Gasteiger partial charge in [-0.1, -0.05) is 6.42 Å². The molecule has 1 aliphatic heterocycles. The van der Waals surface area contributed by atoms with Gasteiger partial charge in [-0.3, -0.25) is 0 Å². The third kappa shape index (κ3) is 1.21. The van der Waals surface area contributed by atoms with Crippen molar-refractivity contribution in [3.8, 4) is 5.75 Å². The second-order valence-electron chi connectivity index (χ2n) is 4.84. The van der Waals surface area contributed by atoms with Gasteiger partial charge in [0.15, 0.2) is 0 Å². The number of hydrogen-bond donors (Lipinski definition) is 1.